The second-order valence-electron chi connectivity index (χ2n) is 30.6. The number of hydrogen-bond donors (Lipinski definition) is 3. The van der Waals surface area contributed by atoms with Crippen LogP contribution in [-0.4, -0.2) is 96.7 Å². The molecule has 0 saturated heterocycles. The fourth-order valence-corrected chi connectivity index (χ4v) is 14.3. The molecule has 19 heteroatoms. The third-order valence-electron chi connectivity index (χ3n) is 20.5. The van der Waals surface area contributed by atoms with Crippen molar-refractivity contribution in [1.29, 1.82) is 0 Å². The van der Waals surface area contributed by atoms with E-state index in [1.807, 2.05) is 0 Å². The van der Waals surface area contributed by atoms with Crippen LogP contribution in [0.1, 0.15) is 434 Å². The van der Waals surface area contributed by atoms with Gasteiger partial charge in [-0.15, -0.1) is 0 Å². The summed E-state index contributed by atoms with van der Waals surface area (Å²) in [5.41, 5.74) is 0. The van der Waals surface area contributed by atoms with Gasteiger partial charge in [0.05, 0.1) is 26.4 Å². The molecule has 606 valence electrons. The third-order valence-corrected chi connectivity index (χ3v) is 22.4. The van der Waals surface area contributed by atoms with Crippen LogP contribution in [0.15, 0.2) is 0 Å². The van der Waals surface area contributed by atoms with Gasteiger partial charge in [0.15, 0.2) is 12.2 Å². The number of carbonyl (C=O) groups excluding carboxylic acids is 4. The Kier molecular flexibility index (Phi) is 71.8. The number of ether oxygens (including phenoxy) is 4. The summed E-state index contributed by atoms with van der Waals surface area (Å²) >= 11 is 0. The highest BCUT2D eigenvalue weighted by molar-refractivity contribution is 7.47. The molecule has 5 unspecified atom stereocenters. The summed E-state index contributed by atoms with van der Waals surface area (Å²) in [6.45, 7) is 12.0. The number of rotatable bonds is 81. The molecule has 0 aliphatic carbocycles. The van der Waals surface area contributed by atoms with Crippen LogP contribution in [0, 0.1) is 17.8 Å². The van der Waals surface area contributed by atoms with E-state index < -0.39 is 97.5 Å². The number of phosphoric acid groups is 2. The number of aliphatic hydroxyl groups excluding tert-OH is 1. The largest absolute Gasteiger partial charge is 0.472 e. The Bertz CT molecular complexity index is 1980. The summed E-state index contributed by atoms with van der Waals surface area (Å²) in [4.78, 5) is 73.1. The third kappa shape index (κ3) is 72.3. The Morgan fingerprint density at radius 2 is 0.471 bits per heavy atom. The molecule has 0 aliphatic heterocycles. The molecule has 0 aliphatic rings. The van der Waals surface area contributed by atoms with Crippen LogP contribution in [-0.2, 0) is 65.4 Å². The van der Waals surface area contributed by atoms with Crippen LogP contribution in [0.4, 0.5) is 0 Å². The van der Waals surface area contributed by atoms with Crippen LogP contribution in [0.3, 0.4) is 0 Å². The maximum absolute atomic E-state index is 13.1. The zero-order valence-corrected chi connectivity index (χ0v) is 68.9. The molecule has 17 nitrogen and oxygen atoms in total. The summed E-state index contributed by atoms with van der Waals surface area (Å²) in [7, 11) is -9.92. The molecular weight excluding hydrogens is 1330 g/mol. The standard InChI is InChI=1S/C83H162O17P2/c1-8-12-13-14-15-16-17-18-19-25-28-31-37-42-50-57-64-80(85)93-70-78(99-82(87)66-59-52-43-38-32-29-26-23-21-20-22-24-27-30-35-40-47-54-61-74(5)9-2)72-97-101(89,90)95-68-77(84)69-96-102(91,92)98-73-79(71-94-81(86)65-58-51-46-45-49-56-63-76(7)11-4)100-83(88)67-60-53-44-39-34-33-36-41-48-55-62-75(6)10-3/h74-79,84H,8-73H2,1-7H3,(H,89,90)(H,91,92)/t74?,75?,76?,77-,78-,79-/m1/s1. The van der Waals surface area contributed by atoms with Crippen molar-refractivity contribution in [2.45, 2.75) is 452 Å². The smallest absolute Gasteiger partial charge is 0.462 e. The number of phosphoric ester groups is 2. The van der Waals surface area contributed by atoms with Gasteiger partial charge in [-0.2, -0.15) is 0 Å². The summed E-state index contributed by atoms with van der Waals surface area (Å²) in [6, 6.07) is 0. The van der Waals surface area contributed by atoms with Gasteiger partial charge in [0, 0.05) is 25.7 Å². The number of carbonyl (C=O) groups is 4. The topological polar surface area (TPSA) is 237 Å². The van der Waals surface area contributed by atoms with Gasteiger partial charge >= 0.3 is 39.5 Å². The zero-order chi connectivity index (χ0) is 75.1. The van der Waals surface area contributed by atoms with E-state index in [9.17, 15) is 43.2 Å². The Labute approximate surface area is 626 Å². The van der Waals surface area contributed by atoms with Crippen LogP contribution >= 0.6 is 15.6 Å². The first-order valence-electron chi connectivity index (χ1n) is 43.0. The Hall–Kier alpha value is -1.94. The first-order valence-corrected chi connectivity index (χ1v) is 46.0. The molecule has 0 heterocycles. The average molecular weight is 1490 g/mol. The first-order chi connectivity index (χ1) is 49.3. The molecule has 0 bridgehead atoms. The Morgan fingerprint density at radius 1 is 0.275 bits per heavy atom. The minimum Gasteiger partial charge on any atom is -0.462 e. The van der Waals surface area contributed by atoms with E-state index in [0.717, 1.165) is 114 Å². The lowest BCUT2D eigenvalue weighted by Crippen LogP contribution is -2.30. The van der Waals surface area contributed by atoms with Gasteiger partial charge in [0.1, 0.15) is 19.3 Å². The highest BCUT2D eigenvalue weighted by atomic mass is 31.2. The molecule has 0 rings (SSSR count). The van der Waals surface area contributed by atoms with Crippen molar-refractivity contribution in [3.63, 3.8) is 0 Å². The van der Waals surface area contributed by atoms with Crippen LogP contribution in [0.2, 0.25) is 0 Å². The number of esters is 4. The van der Waals surface area contributed by atoms with Crippen molar-refractivity contribution in [2.75, 3.05) is 39.6 Å². The number of hydrogen-bond acceptors (Lipinski definition) is 15. The van der Waals surface area contributed by atoms with Gasteiger partial charge in [-0.3, -0.25) is 37.3 Å². The lowest BCUT2D eigenvalue weighted by molar-refractivity contribution is -0.161. The second kappa shape index (κ2) is 73.2. The van der Waals surface area contributed by atoms with Crippen molar-refractivity contribution in [2.24, 2.45) is 17.8 Å². The molecule has 102 heavy (non-hydrogen) atoms. The Balaban J connectivity index is 5.23. The van der Waals surface area contributed by atoms with Gasteiger partial charge in [0.25, 0.3) is 0 Å². The van der Waals surface area contributed by atoms with E-state index in [1.165, 1.54) is 238 Å². The molecule has 8 atom stereocenters. The summed E-state index contributed by atoms with van der Waals surface area (Å²) in [6.07, 6.45) is 62.4. The monoisotopic (exact) mass is 1490 g/mol. The van der Waals surface area contributed by atoms with Crippen LogP contribution in [0.25, 0.3) is 0 Å². The fourth-order valence-electron chi connectivity index (χ4n) is 12.7. The van der Waals surface area contributed by atoms with Crippen molar-refractivity contribution < 1.29 is 80.2 Å². The minimum atomic E-state index is -4.96. The molecule has 0 aromatic heterocycles. The summed E-state index contributed by atoms with van der Waals surface area (Å²) < 4.78 is 68.8. The van der Waals surface area contributed by atoms with E-state index in [1.54, 1.807) is 0 Å². The molecule has 0 radical (unpaired) electrons. The van der Waals surface area contributed by atoms with Crippen molar-refractivity contribution in [3.05, 3.63) is 0 Å². The van der Waals surface area contributed by atoms with E-state index in [2.05, 4.69) is 48.5 Å². The molecular formula is C83H162O17P2. The average Bonchev–Trinajstić information content (AvgIpc) is 1.01. The van der Waals surface area contributed by atoms with Gasteiger partial charge in [-0.25, -0.2) is 9.13 Å². The van der Waals surface area contributed by atoms with Crippen molar-refractivity contribution in [3.8, 4) is 0 Å². The summed E-state index contributed by atoms with van der Waals surface area (Å²) in [5, 5.41) is 10.7. The first kappa shape index (κ1) is 100. The zero-order valence-electron chi connectivity index (χ0n) is 67.1. The Morgan fingerprint density at radius 3 is 0.696 bits per heavy atom. The molecule has 0 aromatic carbocycles. The molecule has 0 fully saturated rings. The maximum Gasteiger partial charge on any atom is 0.472 e. The van der Waals surface area contributed by atoms with E-state index in [0.29, 0.717) is 25.7 Å². The molecule has 0 aromatic rings. The summed E-state index contributed by atoms with van der Waals surface area (Å²) in [5.74, 6) is 0.295. The van der Waals surface area contributed by atoms with Gasteiger partial charge in [-0.1, -0.05) is 382 Å². The molecule has 3 N–H and O–H groups in total. The highest BCUT2D eigenvalue weighted by Gasteiger charge is 2.30. The predicted octanol–water partition coefficient (Wildman–Crippen LogP) is 24.9. The van der Waals surface area contributed by atoms with Crippen LogP contribution in [0.5, 0.6) is 0 Å². The second-order valence-corrected chi connectivity index (χ2v) is 33.5. The highest BCUT2D eigenvalue weighted by Crippen LogP contribution is 2.45. The predicted molar refractivity (Wildman–Crippen MR) is 418 cm³/mol. The normalized spacial score (nSPS) is 14.7. The van der Waals surface area contributed by atoms with Gasteiger partial charge in [0.2, 0.25) is 0 Å². The minimum absolute atomic E-state index is 0.105. The number of unbranched alkanes of at least 4 members (excludes halogenated alkanes) is 46. The van der Waals surface area contributed by atoms with Crippen molar-refractivity contribution >= 4 is 39.5 Å². The van der Waals surface area contributed by atoms with E-state index in [4.69, 9.17) is 37.0 Å². The van der Waals surface area contributed by atoms with E-state index in [-0.39, 0.29) is 25.7 Å². The SMILES string of the molecule is CCCCCCCCCCCCCCCCCCC(=O)OC[C@H](COP(=O)(O)OC[C@@H](O)COP(=O)(O)OC[C@@H](COC(=O)CCCCCCCCC(C)CC)OC(=O)CCCCCCCCCCCCC(C)CC)OC(=O)CCCCCCCCCCCCCCCCCCCCC(C)CC. The lowest BCUT2D eigenvalue weighted by Gasteiger charge is -2.21. The van der Waals surface area contributed by atoms with Gasteiger partial charge < -0.3 is 33.8 Å². The van der Waals surface area contributed by atoms with Crippen molar-refractivity contribution in [1.82, 2.24) is 0 Å². The quantitative estimate of drug-likeness (QED) is 0.0222. The fraction of sp³-hybridized carbons (Fsp3) is 0.952. The molecule has 0 amide bonds. The lowest BCUT2D eigenvalue weighted by atomic mass is 9.99. The molecule has 0 spiro atoms. The molecule has 0 saturated carbocycles. The van der Waals surface area contributed by atoms with Gasteiger partial charge in [-0.05, 0) is 43.4 Å². The van der Waals surface area contributed by atoms with E-state index >= 15 is 0 Å². The van der Waals surface area contributed by atoms with Crippen LogP contribution < -0.4 is 0 Å². The number of aliphatic hydroxyl groups is 1. The maximum atomic E-state index is 13.1.